The maximum Gasteiger partial charge on any atom is 0.129 e. The van der Waals surface area contributed by atoms with Gasteiger partial charge in [-0.05, 0) is 48.4 Å². The lowest BCUT2D eigenvalue weighted by atomic mass is 9.92. The van der Waals surface area contributed by atoms with Crippen molar-refractivity contribution in [3.63, 3.8) is 0 Å². The van der Waals surface area contributed by atoms with Gasteiger partial charge in [0.25, 0.3) is 0 Å². The molecule has 2 atom stereocenters. The third-order valence-electron chi connectivity index (χ3n) is 4.25. The first kappa shape index (κ1) is 16.3. The zero-order valence-electron chi connectivity index (χ0n) is 14.3. The average Bonchev–Trinajstić information content (AvgIpc) is 2.43. The molecule has 1 aliphatic heterocycles. The number of anilines is 1. The number of nitrogens with zero attached hydrogens (tertiary/aromatic N) is 2. The van der Waals surface area contributed by atoms with Crippen LogP contribution in [0.15, 0.2) is 12.1 Å². The molecule has 0 bridgehead atoms. The van der Waals surface area contributed by atoms with Crippen molar-refractivity contribution in [1.29, 1.82) is 0 Å². The normalized spacial score (nSPS) is 22.9. The minimum atomic E-state index is 0.477. The second-order valence-electron chi connectivity index (χ2n) is 7.04. The Morgan fingerprint density at radius 1 is 1.24 bits per heavy atom. The standard InChI is InChI=1S/C18H31N3/c1-6-19-10-16-8-17(13(2)3)20-18(9-16)21-11-14(4)7-15(5)12-21/h8-9,13-15,19H,6-7,10-12H2,1-5H3. The minimum Gasteiger partial charge on any atom is -0.356 e. The van der Waals surface area contributed by atoms with Gasteiger partial charge < -0.3 is 10.2 Å². The molecule has 1 fully saturated rings. The van der Waals surface area contributed by atoms with Gasteiger partial charge in [-0.15, -0.1) is 0 Å². The smallest absolute Gasteiger partial charge is 0.129 e. The summed E-state index contributed by atoms with van der Waals surface area (Å²) in [6.45, 7) is 15.5. The molecule has 0 amide bonds. The lowest BCUT2D eigenvalue weighted by Crippen LogP contribution is -2.39. The van der Waals surface area contributed by atoms with E-state index in [1.807, 2.05) is 0 Å². The van der Waals surface area contributed by atoms with Crippen LogP contribution in [0, 0.1) is 11.8 Å². The van der Waals surface area contributed by atoms with Crippen LogP contribution in [0.3, 0.4) is 0 Å². The van der Waals surface area contributed by atoms with Gasteiger partial charge in [-0.1, -0.05) is 34.6 Å². The fraction of sp³-hybridized carbons (Fsp3) is 0.722. The summed E-state index contributed by atoms with van der Waals surface area (Å²) in [5.41, 5.74) is 2.57. The second kappa shape index (κ2) is 7.26. The lowest BCUT2D eigenvalue weighted by molar-refractivity contribution is 0.355. The SMILES string of the molecule is CCNCc1cc(C(C)C)nc(N2CC(C)CC(C)C2)c1. The largest absolute Gasteiger partial charge is 0.356 e. The van der Waals surface area contributed by atoms with Crippen molar-refractivity contribution < 1.29 is 0 Å². The van der Waals surface area contributed by atoms with Gasteiger partial charge in [0.1, 0.15) is 5.82 Å². The molecule has 1 N–H and O–H groups in total. The van der Waals surface area contributed by atoms with Gasteiger partial charge in [0.05, 0.1) is 0 Å². The number of aromatic nitrogens is 1. The van der Waals surface area contributed by atoms with Crippen LogP contribution >= 0.6 is 0 Å². The summed E-state index contributed by atoms with van der Waals surface area (Å²) >= 11 is 0. The number of rotatable bonds is 5. The molecule has 1 aromatic heterocycles. The number of pyridine rings is 1. The van der Waals surface area contributed by atoms with Crippen LogP contribution in [0.5, 0.6) is 0 Å². The molecule has 118 valence electrons. The highest BCUT2D eigenvalue weighted by molar-refractivity contribution is 5.44. The first-order chi connectivity index (χ1) is 9.99. The van der Waals surface area contributed by atoms with Crippen LogP contribution in [-0.4, -0.2) is 24.6 Å². The zero-order valence-corrected chi connectivity index (χ0v) is 14.3. The van der Waals surface area contributed by atoms with Crippen molar-refractivity contribution in [1.82, 2.24) is 10.3 Å². The van der Waals surface area contributed by atoms with E-state index in [1.54, 1.807) is 0 Å². The number of hydrogen-bond acceptors (Lipinski definition) is 3. The molecule has 2 unspecified atom stereocenters. The summed E-state index contributed by atoms with van der Waals surface area (Å²) in [5, 5.41) is 3.43. The van der Waals surface area contributed by atoms with Crippen LogP contribution in [0.2, 0.25) is 0 Å². The maximum atomic E-state index is 4.93. The van der Waals surface area contributed by atoms with Crippen LogP contribution in [0.4, 0.5) is 5.82 Å². The van der Waals surface area contributed by atoms with Crippen LogP contribution < -0.4 is 10.2 Å². The third kappa shape index (κ3) is 4.44. The molecule has 0 spiro atoms. The van der Waals surface area contributed by atoms with Crippen molar-refractivity contribution >= 4 is 5.82 Å². The van der Waals surface area contributed by atoms with Crippen LogP contribution in [-0.2, 0) is 6.54 Å². The molecule has 2 rings (SSSR count). The molecule has 2 heterocycles. The Kier molecular flexibility index (Phi) is 5.63. The second-order valence-corrected chi connectivity index (χ2v) is 7.04. The topological polar surface area (TPSA) is 28.2 Å². The molecule has 21 heavy (non-hydrogen) atoms. The predicted octanol–water partition coefficient (Wildman–Crippen LogP) is 3.80. The van der Waals surface area contributed by atoms with Gasteiger partial charge in [0.2, 0.25) is 0 Å². The fourth-order valence-electron chi connectivity index (χ4n) is 3.27. The van der Waals surface area contributed by atoms with E-state index < -0.39 is 0 Å². The Morgan fingerprint density at radius 3 is 2.48 bits per heavy atom. The van der Waals surface area contributed by atoms with Crippen molar-refractivity contribution in [2.75, 3.05) is 24.5 Å². The molecule has 0 aliphatic carbocycles. The van der Waals surface area contributed by atoms with Gasteiger partial charge in [-0.2, -0.15) is 0 Å². The molecule has 3 nitrogen and oxygen atoms in total. The van der Waals surface area contributed by atoms with Crippen molar-refractivity contribution in [2.24, 2.45) is 11.8 Å². The minimum absolute atomic E-state index is 0.477. The molecule has 3 heteroatoms. The molecule has 0 radical (unpaired) electrons. The van der Waals surface area contributed by atoms with E-state index in [9.17, 15) is 0 Å². The maximum absolute atomic E-state index is 4.93. The molecule has 1 aromatic rings. The predicted molar refractivity (Wildman–Crippen MR) is 90.9 cm³/mol. The summed E-state index contributed by atoms with van der Waals surface area (Å²) in [6, 6.07) is 4.53. The highest BCUT2D eigenvalue weighted by Gasteiger charge is 2.23. The van der Waals surface area contributed by atoms with E-state index in [0.717, 1.165) is 38.0 Å². The van der Waals surface area contributed by atoms with Crippen molar-refractivity contribution in [2.45, 2.75) is 53.5 Å². The number of piperidine rings is 1. The molecular formula is C18H31N3. The Labute approximate surface area is 130 Å². The lowest BCUT2D eigenvalue weighted by Gasteiger charge is -2.36. The average molecular weight is 289 g/mol. The molecule has 0 saturated carbocycles. The van der Waals surface area contributed by atoms with E-state index in [-0.39, 0.29) is 0 Å². The molecular weight excluding hydrogens is 258 g/mol. The van der Waals surface area contributed by atoms with Gasteiger partial charge in [0.15, 0.2) is 0 Å². The van der Waals surface area contributed by atoms with Gasteiger partial charge in [-0.3, -0.25) is 0 Å². The number of nitrogens with one attached hydrogen (secondary N) is 1. The monoisotopic (exact) mass is 289 g/mol. The summed E-state index contributed by atoms with van der Waals surface area (Å²) in [4.78, 5) is 7.42. The quantitative estimate of drug-likeness (QED) is 0.893. The van der Waals surface area contributed by atoms with E-state index in [2.05, 4.69) is 57.0 Å². The van der Waals surface area contributed by atoms with Crippen LogP contribution in [0.1, 0.15) is 58.2 Å². The first-order valence-corrected chi connectivity index (χ1v) is 8.46. The summed E-state index contributed by atoms with van der Waals surface area (Å²) < 4.78 is 0. The highest BCUT2D eigenvalue weighted by Crippen LogP contribution is 2.27. The zero-order chi connectivity index (χ0) is 15.4. The molecule has 1 saturated heterocycles. The van der Waals surface area contributed by atoms with E-state index in [4.69, 9.17) is 4.98 Å². The molecule has 1 aliphatic rings. The first-order valence-electron chi connectivity index (χ1n) is 8.46. The number of hydrogen-bond donors (Lipinski definition) is 1. The van der Waals surface area contributed by atoms with E-state index in [0.29, 0.717) is 5.92 Å². The van der Waals surface area contributed by atoms with Crippen LogP contribution in [0.25, 0.3) is 0 Å². The van der Waals surface area contributed by atoms with Gasteiger partial charge >= 0.3 is 0 Å². The Morgan fingerprint density at radius 2 is 1.90 bits per heavy atom. The summed E-state index contributed by atoms with van der Waals surface area (Å²) in [6.07, 6.45) is 1.34. The van der Waals surface area contributed by atoms with Crippen molar-refractivity contribution in [3.05, 3.63) is 23.4 Å². The van der Waals surface area contributed by atoms with E-state index >= 15 is 0 Å². The summed E-state index contributed by atoms with van der Waals surface area (Å²) in [7, 11) is 0. The highest BCUT2D eigenvalue weighted by atomic mass is 15.2. The Balaban J connectivity index is 2.26. The Hall–Kier alpha value is -1.09. The van der Waals surface area contributed by atoms with Gasteiger partial charge in [-0.25, -0.2) is 4.98 Å². The third-order valence-corrected chi connectivity index (χ3v) is 4.25. The fourth-order valence-corrected chi connectivity index (χ4v) is 3.27. The Bertz CT molecular complexity index is 446. The van der Waals surface area contributed by atoms with Crippen molar-refractivity contribution in [3.8, 4) is 0 Å². The molecule has 0 aromatic carbocycles. The van der Waals surface area contributed by atoms with E-state index in [1.165, 1.54) is 23.5 Å². The van der Waals surface area contributed by atoms with Gasteiger partial charge in [0, 0.05) is 25.3 Å². The summed E-state index contributed by atoms with van der Waals surface area (Å²) in [5.74, 6) is 3.17.